The molecule has 0 unspecified atom stereocenters. The predicted octanol–water partition coefficient (Wildman–Crippen LogP) is 3.75. The molecular formula is C21H21N3O2S. The maximum atomic E-state index is 13.0. The number of thiophene rings is 1. The fourth-order valence-corrected chi connectivity index (χ4v) is 4.32. The fourth-order valence-electron chi connectivity index (χ4n) is 3.63. The Hall–Kier alpha value is -2.86. The number of para-hydroxylation sites is 2. The van der Waals surface area contributed by atoms with Gasteiger partial charge in [-0.1, -0.05) is 18.2 Å². The van der Waals surface area contributed by atoms with Crippen molar-refractivity contribution in [2.45, 2.75) is 26.9 Å². The summed E-state index contributed by atoms with van der Waals surface area (Å²) in [5.41, 5.74) is 4.12. The first-order chi connectivity index (χ1) is 13.0. The molecule has 27 heavy (non-hydrogen) atoms. The number of benzene rings is 1. The molecule has 0 aliphatic rings. The minimum atomic E-state index is -0.169. The quantitative estimate of drug-likeness (QED) is 0.496. The molecule has 3 aromatic heterocycles. The monoisotopic (exact) mass is 379 g/mol. The van der Waals surface area contributed by atoms with Gasteiger partial charge in [-0.2, -0.15) is 0 Å². The van der Waals surface area contributed by atoms with Crippen molar-refractivity contribution in [1.29, 1.82) is 0 Å². The Morgan fingerprint density at radius 3 is 2.48 bits per heavy atom. The van der Waals surface area contributed by atoms with Gasteiger partial charge in [0.05, 0.1) is 24.1 Å². The number of ketones is 1. The first-order valence-electron chi connectivity index (χ1n) is 8.84. The van der Waals surface area contributed by atoms with E-state index in [-0.39, 0.29) is 18.0 Å². The molecule has 0 radical (unpaired) electrons. The summed E-state index contributed by atoms with van der Waals surface area (Å²) in [6.45, 7) is 4.79. The minimum Gasteiger partial charge on any atom is -0.343 e. The van der Waals surface area contributed by atoms with Crippen LogP contribution in [-0.2, 0) is 20.1 Å². The van der Waals surface area contributed by atoms with Gasteiger partial charge in [0.15, 0.2) is 5.78 Å². The van der Waals surface area contributed by atoms with Crippen molar-refractivity contribution in [2.75, 3.05) is 0 Å². The number of rotatable bonds is 5. The molecule has 6 heteroatoms. The Balaban J connectivity index is 1.69. The number of aromatic nitrogens is 3. The average Bonchev–Trinajstić information content (AvgIpc) is 3.34. The fraction of sp³-hybridized carbons (Fsp3) is 0.238. The summed E-state index contributed by atoms with van der Waals surface area (Å²) in [7, 11) is 1.73. The van der Waals surface area contributed by atoms with Crippen molar-refractivity contribution in [3.63, 3.8) is 0 Å². The lowest BCUT2D eigenvalue weighted by atomic mass is 10.1. The number of hydrogen-bond donors (Lipinski definition) is 0. The van der Waals surface area contributed by atoms with E-state index in [1.54, 1.807) is 27.5 Å². The molecular weight excluding hydrogens is 358 g/mol. The molecule has 138 valence electrons. The van der Waals surface area contributed by atoms with Crippen LogP contribution in [0.15, 0.2) is 52.6 Å². The van der Waals surface area contributed by atoms with E-state index in [0.29, 0.717) is 5.56 Å². The van der Waals surface area contributed by atoms with E-state index in [9.17, 15) is 9.59 Å². The van der Waals surface area contributed by atoms with Gasteiger partial charge >= 0.3 is 5.69 Å². The molecule has 0 saturated heterocycles. The number of nitrogens with zero attached hydrogens (tertiary/aromatic N) is 3. The normalized spacial score (nSPS) is 11.4. The molecule has 0 N–H and O–H groups in total. The highest BCUT2D eigenvalue weighted by Gasteiger charge is 2.19. The number of carbonyl (C=O) groups excluding carboxylic acids is 1. The maximum Gasteiger partial charge on any atom is 0.329 e. The average molecular weight is 379 g/mol. The van der Waals surface area contributed by atoms with E-state index in [4.69, 9.17) is 0 Å². The highest BCUT2D eigenvalue weighted by atomic mass is 32.1. The van der Waals surface area contributed by atoms with Crippen LogP contribution in [0.2, 0.25) is 0 Å². The van der Waals surface area contributed by atoms with Gasteiger partial charge in [0, 0.05) is 28.9 Å². The number of Topliss-reactive ketones (excluding diaryl/α,β-unsaturated/α-hetero) is 1. The minimum absolute atomic E-state index is 0.0426. The molecule has 3 heterocycles. The zero-order valence-electron chi connectivity index (χ0n) is 15.6. The largest absolute Gasteiger partial charge is 0.343 e. The summed E-state index contributed by atoms with van der Waals surface area (Å²) in [6, 6.07) is 13.6. The molecule has 1 aromatic carbocycles. The second kappa shape index (κ2) is 6.70. The first-order valence-corrected chi connectivity index (χ1v) is 9.72. The van der Waals surface area contributed by atoms with E-state index in [2.05, 4.69) is 16.0 Å². The lowest BCUT2D eigenvalue weighted by Crippen LogP contribution is -2.25. The third-order valence-electron chi connectivity index (χ3n) is 5.12. The SMILES string of the molecule is Cc1cc(C(=O)Cn2c(=O)n(C)c3ccccc32)c(C)n1Cc1cccs1. The van der Waals surface area contributed by atoms with Gasteiger partial charge in [0.25, 0.3) is 0 Å². The predicted molar refractivity (Wildman–Crippen MR) is 109 cm³/mol. The molecule has 4 aromatic rings. The van der Waals surface area contributed by atoms with Crippen molar-refractivity contribution >= 4 is 28.2 Å². The van der Waals surface area contributed by atoms with E-state index in [1.165, 1.54) is 4.88 Å². The zero-order chi connectivity index (χ0) is 19.1. The summed E-state index contributed by atoms with van der Waals surface area (Å²) in [5.74, 6) is -0.0426. The Bertz CT molecular complexity index is 1190. The summed E-state index contributed by atoms with van der Waals surface area (Å²) in [6.07, 6.45) is 0. The van der Waals surface area contributed by atoms with Crippen LogP contribution < -0.4 is 5.69 Å². The zero-order valence-corrected chi connectivity index (χ0v) is 16.4. The molecule has 0 aliphatic heterocycles. The second-order valence-corrected chi connectivity index (χ2v) is 7.82. The van der Waals surface area contributed by atoms with Crippen molar-refractivity contribution < 1.29 is 4.79 Å². The molecule has 4 rings (SSSR count). The summed E-state index contributed by atoms with van der Waals surface area (Å²) >= 11 is 1.71. The highest BCUT2D eigenvalue weighted by molar-refractivity contribution is 7.09. The van der Waals surface area contributed by atoms with Crippen LogP contribution in [0.1, 0.15) is 26.6 Å². The molecule has 5 nitrogen and oxygen atoms in total. The smallest absolute Gasteiger partial charge is 0.329 e. The molecule has 0 atom stereocenters. The van der Waals surface area contributed by atoms with Crippen LogP contribution in [0, 0.1) is 13.8 Å². The van der Waals surface area contributed by atoms with Crippen LogP contribution >= 0.6 is 11.3 Å². The Labute approximate surface area is 161 Å². The third kappa shape index (κ3) is 2.96. The Morgan fingerprint density at radius 2 is 1.78 bits per heavy atom. The maximum absolute atomic E-state index is 13.0. The molecule has 0 bridgehead atoms. The summed E-state index contributed by atoms with van der Waals surface area (Å²) in [4.78, 5) is 26.9. The van der Waals surface area contributed by atoms with Gasteiger partial charge in [-0.25, -0.2) is 4.79 Å². The third-order valence-corrected chi connectivity index (χ3v) is 5.98. The molecule has 0 saturated carbocycles. The Morgan fingerprint density at radius 1 is 1.04 bits per heavy atom. The van der Waals surface area contributed by atoms with Crippen LogP contribution in [0.5, 0.6) is 0 Å². The van der Waals surface area contributed by atoms with Gasteiger partial charge in [-0.05, 0) is 43.5 Å². The van der Waals surface area contributed by atoms with E-state index in [0.717, 1.165) is 29.0 Å². The molecule has 0 aliphatic carbocycles. The molecule has 0 fully saturated rings. The van der Waals surface area contributed by atoms with E-state index >= 15 is 0 Å². The topological polar surface area (TPSA) is 48.9 Å². The second-order valence-electron chi connectivity index (χ2n) is 6.79. The number of imidazole rings is 1. The lowest BCUT2D eigenvalue weighted by Gasteiger charge is -2.08. The van der Waals surface area contributed by atoms with Crippen LogP contribution in [0.25, 0.3) is 11.0 Å². The number of hydrogen-bond acceptors (Lipinski definition) is 3. The summed E-state index contributed by atoms with van der Waals surface area (Å²) in [5, 5.41) is 2.06. The summed E-state index contributed by atoms with van der Waals surface area (Å²) < 4.78 is 5.30. The molecule has 0 spiro atoms. The van der Waals surface area contributed by atoms with Crippen molar-refractivity contribution in [2.24, 2.45) is 7.05 Å². The van der Waals surface area contributed by atoms with Crippen LogP contribution in [0.4, 0.5) is 0 Å². The first kappa shape index (κ1) is 17.5. The van der Waals surface area contributed by atoms with Gasteiger partial charge in [0.1, 0.15) is 0 Å². The lowest BCUT2D eigenvalue weighted by molar-refractivity contribution is 0.0971. The number of fused-ring (bicyclic) bond motifs is 1. The highest BCUT2D eigenvalue weighted by Crippen LogP contribution is 2.21. The van der Waals surface area contributed by atoms with Gasteiger partial charge in [-0.3, -0.25) is 13.9 Å². The van der Waals surface area contributed by atoms with Crippen LogP contribution in [0.3, 0.4) is 0 Å². The Kier molecular flexibility index (Phi) is 4.36. The van der Waals surface area contributed by atoms with E-state index < -0.39 is 0 Å². The van der Waals surface area contributed by atoms with Crippen molar-refractivity contribution in [3.05, 3.63) is 80.2 Å². The number of carbonyl (C=O) groups is 1. The van der Waals surface area contributed by atoms with Gasteiger partial charge < -0.3 is 4.57 Å². The van der Waals surface area contributed by atoms with E-state index in [1.807, 2.05) is 50.2 Å². The molecule has 0 amide bonds. The number of aryl methyl sites for hydroxylation is 2. The standard InChI is InChI=1S/C21H21N3O2S/c1-14-11-17(15(2)23(14)12-16-7-6-10-27-16)20(25)13-24-19-9-5-4-8-18(19)22(3)21(24)26/h4-11H,12-13H2,1-3H3. The van der Waals surface area contributed by atoms with Gasteiger partial charge in [0.2, 0.25) is 0 Å². The van der Waals surface area contributed by atoms with Gasteiger partial charge in [-0.15, -0.1) is 11.3 Å². The van der Waals surface area contributed by atoms with Crippen LogP contribution in [-0.4, -0.2) is 19.5 Å². The van der Waals surface area contributed by atoms with Crippen molar-refractivity contribution in [1.82, 2.24) is 13.7 Å². The van der Waals surface area contributed by atoms with Crippen molar-refractivity contribution in [3.8, 4) is 0 Å².